The van der Waals surface area contributed by atoms with Crippen LogP contribution in [0.5, 0.6) is 0 Å². The maximum Gasteiger partial charge on any atom is 0.164 e. The van der Waals surface area contributed by atoms with Gasteiger partial charge in [-0.3, -0.25) is 0 Å². The molecule has 3 heterocycles. The summed E-state index contributed by atoms with van der Waals surface area (Å²) in [7, 11) is 0. The summed E-state index contributed by atoms with van der Waals surface area (Å²) in [5, 5.41) is 4.33. The molecule has 0 spiro atoms. The molecule has 8 aromatic carbocycles. The van der Waals surface area contributed by atoms with Crippen molar-refractivity contribution in [2.45, 2.75) is 0 Å². The van der Waals surface area contributed by atoms with Crippen LogP contribution in [0.25, 0.3) is 111 Å². The first-order valence-corrected chi connectivity index (χ1v) is 18.7. The van der Waals surface area contributed by atoms with Crippen LogP contribution in [0.15, 0.2) is 197 Å². The van der Waals surface area contributed by atoms with E-state index >= 15 is 0 Å². The maximum absolute atomic E-state index is 6.60. The van der Waals surface area contributed by atoms with Crippen molar-refractivity contribution in [3.05, 3.63) is 188 Å². The van der Waals surface area contributed by atoms with Gasteiger partial charge in [0.25, 0.3) is 0 Å². The van der Waals surface area contributed by atoms with Crippen molar-refractivity contribution < 1.29 is 8.83 Å². The Morgan fingerprint density at radius 1 is 0.268 bits per heavy atom. The molecule has 0 unspecified atom stereocenters. The predicted molar refractivity (Wildman–Crippen MR) is 227 cm³/mol. The maximum atomic E-state index is 6.60. The van der Waals surface area contributed by atoms with Gasteiger partial charge in [0.05, 0.1) is 0 Å². The standard InChI is InChI=1S/C51H31N3O2/c1-4-13-32(14-5-1)40-21-12-22-44-48(40)43-28-24-36(30-47(43)55-44)39-20-11-10-19-38(39)35-23-26-41-42-27-25-37(31-46(42)56-45(41)29-35)51-53-49(33-15-6-2-7-16-33)52-50(54-51)34-17-8-3-9-18-34/h1-31H. The van der Waals surface area contributed by atoms with Gasteiger partial charge in [-0.15, -0.1) is 0 Å². The van der Waals surface area contributed by atoms with Crippen LogP contribution in [-0.4, -0.2) is 15.0 Å². The van der Waals surface area contributed by atoms with Crippen LogP contribution in [0, 0.1) is 0 Å². The summed E-state index contributed by atoms with van der Waals surface area (Å²) in [6.45, 7) is 0. The van der Waals surface area contributed by atoms with E-state index in [-0.39, 0.29) is 0 Å². The lowest BCUT2D eigenvalue weighted by atomic mass is 9.93. The normalized spacial score (nSPS) is 11.6. The van der Waals surface area contributed by atoms with Gasteiger partial charge in [0.15, 0.2) is 17.5 Å². The summed E-state index contributed by atoms with van der Waals surface area (Å²) < 4.78 is 13.1. The van der Waals surface area contributed by atoms with Crippen molar-refractivity contribution >= 4 is 43.9 Å². The number of nitrogens with zero attached hydrogens (tertiary/aromatic N) is 3. The van der Waals surface area contributed by atoms with Crippen LogP contribution in [0.1, 0.15) is 0 Å². The highest BCUT2D eigenvalue weighted by molar-refractivity contribution is 6.13. The van der Waals surface area contributed by atoms with E-state index in [4.69, 9.17) is 23.8 Å². The highest BCUT2D eigenvalue weighted by Crippen LogP contribution is 2.41. The Morgan fingerprint density at radius 2 is 0.679 bits per heavy atom. The van der Waals surface area contributed by atoms with Crippen LogP contribution < -0.4 is 0 Å². The lowest BCUT2D eigenvalue weighted by molar-refractivity contribution is 0.668. The van der Waals surface area contributed by atoms with Gasteiger partial charge in [-0.1, -0.05) is 146 Å². The van der Waals surface area contributed by atoms with Crippen molar-refractivity contribution in [1.82, 2.24) is 15.0 Å². The molecule has 0 atom stereocenters. The second kappa shape index (κ2) is 13.0. The fourth-order valence-electron chi connectivity index (χ4n) is 7.86. The van der Waals surface area contributed by atoms with E-state index in [1.807, 2.05) is 72.8 Å². The molecule has 56 heavy (non-hydrogen) atoms. The molecule has 0 aliphatic heterocycles. The Bertz CT molecular complexity index is 3180. The van der Waals surface area contributed by atoms with Gasteiger partial charge in [0, 0.05) is 38.2 Å². The molecule has 11 aromatic rings. The second-order valence-electron chi connectivity index (χ2n) is 14.0. The Kier molecular flexibility index (Phi) is 7.42. The number of fused-ring (bicyclic) bond motifs is 6. The molecule has 0 fully saturated rings. The molecule has 0 saturated carbocycles. The molecule has 0 aliphatic rings. The van der Waals surface area contributed by atoms with Gasteiger partial charge in [0.1, 0.15) is 22.3 Å². The zero-order valence-corrected chi connectivity index (χ0v) is 30.1. The third-order valence-corrected chi connectivity index (χ3v) is 10.6. The van der Waals surface area contributed by atoms with Crippen LogP contribution in [0.3, 0.4) is 0 Å². The molecule has 0 radical (unpaired) electrons. The van der Waals surface area contributed by atoms with Crippen molar-refractivity contribution in [2.75, 3.05) is 0 Å². The quantitative estimate of drug-likeness (QED) is 0.171. The van der Waals surface area contributed by atoms with E-state index in [1.54, 1.807) is 0 Å². The molecular weight excluding hydrogens is 687 g/mol. The molecule has 5 heteroatoms. The minimum Gasteiger partial charge on any atom is -0.456 e. The molecule has 5 nitrogen and oxygen atoms in total. The fourth-order valence-corrected chi connectivity index (χ4v) is 7.86. The van der Waals surface area contributed by atoms with E-state index in [9.17, 15) is 0 Å². The van der Waals surface area contributed by atoms with Crippen LogP contribution in [0.2, 0.25) is 0 Å². The number of benzene rings is 8. The highest BCUT2D eigenvalue weighted by atomic mass is 16.3. The van der Waals surface area contributed by atoms with E-state index in [0.717, 1.165) is 82.8 Å². The average Bonchev–Trinajstić information content (AvgIpc) is 3.84. The largest absolute Gasteiger partial charge is 0.456 e. The number of rotatable bonds is 6. The fraction of sp³-hybridized carbons (Fsp3) is 0. The minimum atomic E-state index is 0.590. The van der Waals surface area contributed by atoms with E-state index in [1.165, 1.54) is 11.1 Å². The highest BCUT2D eigenvalue weighted by Gasteiger charge is 2.18. The number of aromatic nitrogens is 3. The predicted octanol–water partition coefficient (Wildman–Crippen LogP) is 13.7. The number of hydrogen-bond donors (Lipinski definition) is 0. The zero-order chi connectivity index (χ0) is 37.0. The summed E-state index contributed by atoms with van der Waals surface area (Å²) >= 11 is 0. The first-order chi connectivity index (χ1) is 27.7. The molecule has 3 aromatic heterocycles. The molecular formula is C51H31N3O2. The minimum absolute atomic E-state index is 0.590. The topological polar surface area (TPSA) is 65.0 Å². The Labute approximate surface area is 322 Å². The van der Waals surface area contributed by atoms with Gasteiger partial charge in [0.2, 0.25) is 0 Å². The Morgan fingerprint density at radius 3 is 1.25 bits per heavy atom. The van der Waals surface area contributed by atoms with Crippen molar-refractivity contribution in [3.63, 3.8) is 0 Å². The van der Waals surface area contributed by atoms with Gasteiger partial charge in [-0.2, -0.15) is 0 Å². The summed E-state index contributed by atoms with van der Waals surface area (Å²) in [5.41, 5.74) is 12.8. The molecule has 262 valence electrons. The first kappa shape index (κ1) is 31.9. The molecule has 0 saturated heterocycles. The van der Waals surface area contributed by atoms with Crippen molar-refractivity contribution in [2.24, 2.45) is 0 Å². The smallest absolute Gasteiger partial charge is 0.164 e. The second-order valence-corrected chi connectivity index (χ2v) is 14.0. The summed E-state index contributed by atoms with van der Waals surface area (Å²) in [5.74, 6) is 1.84. The molecule has 0 amide bonds. The Hall–Kier alpha value is -7.63. The van der Waals surface area contributed by atoms with E-state index in [0.29, 0.717) is 17.5 Å². The lowest BCUT2D eigenvalue weighted by Gasteiger charge is -2.10. The average molecular weight is 718 g/mol. The van der Waals surface area contributed by atoms with Crippen LogP contribution >= 0.6 is 0 Å². The van der Waals surface area contributed by atoms with Gasteiger partial charge < -0.3 is 8.83 Å². The molecule has 0 N–H and O–H groups in total. The van der Waals surface area contributed by atoms with Crippen molar-refractivity contribution in [1.29, 1.82) is 0 Å². The Balaban J connectivity index is 0.982. The van der Waals surface area contributed by atoms with Crippen LogP contribution in [-0.2, 0) is 0 Å². The first-order valence-electron chi connectivity index (χ1n) is 18.7. The third-order valence-electron chi connectivity index (χ3n) is 10.6. The van der Waals surface area contributed by atoms with Gasteiger partial charge in [-0.25, -0.2) is 15.0 Å². The molecule has 0 bridgehead atoms. The summed E-state index contributed by atoms with van der Waals surface area (Å²) in [6.07, 6.45) is 0. The van der Waals surface area contributed by atoms with E-state index in [2.05, 4.69) is 115 Å². The van der Waals surface area contributed by atoms with Gasteiger partial charge >= 0.3 is 0 Å². The number of hydrogen-bond acceptors (Lipinski definition) is 5. The monoisotopic (exact) mass is 717 g/mol. The van der Waals surface area contributed by atoms with Gasteiger partial charge in [-0.05, 0) is 75.8 Å². The van der Waals surface area contributed by atoms with E-state index < -0.39 is 0 Å². The lowest BCUT2D eigenvalue weighted by Crippen LogP contribution is -2.00. The summed E-state index contributed by atoms with van der Waals surface area (Å²) in [4.78, 5) is 14.7. The molecule has 11 rings (SSSR count). The van der Waals surface area contributed by atoms with Crippen molar-refractivity contribution in [3.8, 4) is 67.5 Å². The zero-order valence-electron chi connectivity index (χ0n) is 30.1. The molecule has 0 aliphatic carbocycles. The number of furan rings is 2. The van der Waals surface area contributed by atoms with Crippen LogP contribution in [0.4, 0.5) is 0 Å². The third kappa shape index (κ3) is 5.45. The SMILES string of the molecule is c1ccc(-c2nc(-c3ccccc3)nc(-c3ccc4c(c3)oc3cc(-c5ccccc5-c5ccc6c(c5)oc5cccc(-c7ccccc7)c56)ccc34)n2)cc1. The summed E-state index contributed by atoms with van der Waals surface area (Å²) in [6, 6.07) is 64.6.